The third kappa shape index (κ3) is 5.02. The van der Waals surface area contributed by atoms with Crippen molar-refractivity contribution in [3.05, 3.63) is 93.5 Å². The van der Waals surface area contributed by atoms with Gasteiger partial charge >= 0.3 is 0 Å². The maximum atomic E-state index is 12.9. The molecule has 0 aliphatic carbocycles. The molecule has 0 radical (unpaired) electrons. The van der Waals surface area contributed by atoms with E-state index in [0.717, 1.165) is 0 Å². The van der Waals surface area contributed by atoms with Crippen LogP contribution in [-0.4, -0.2) is 16.8 Å². The first-order chi connectivity index (χ1) is 16.9. The predicted octanol–water partition coefficient (Wildman–Crippen LogP) is 4.10. The lowest BCUT2D eigenvalue weighted by Crippen LogP contribution is -2.25. The van der Waals surface area contributed by atoms with Crippen LogP contribution in [0.2, 0.25) is 10.0 Å². The van der Waals surface area contributed by atoms with Gasteiger partial charge in [0.1, 0.15) is 23.3 Å². The van der Waals surface area contributed by atoms with Crippen molar-refractivity contribution < 1.29 is 9.59 Å². The molecule has 35 heavy (non-hydrogen) atoms. The summed E-state index contributed by atoms with van der Waals surface area (Å²) in [5.41, 5.74) is 0.486. The molecule has 1 heterocycles. The molecule has 1 aromatic heterocycles. The monoisotopic (exact) mass is 499 g/mol. The largest absolute Gasteiger partial charge is 0.352 e. The number of carbonyl (C=O) groups excluding carboxylic acids is 2. The summed E-state index contributed by atoms with van der Waals surface area (Å²) in [6.07, 6.45) is 0. The van der Waals surface area contributed by atoms with Crippen LogP contribution in [0.25, 0.3) is 21.9 Å². The van der Waals surface area contributed by atoms with Crippen LogP contribution in [0.3, 0.4) is 0 Å². The van der Waals surface area contributed by atoms with Crippen LogP contribution in [0.15, 0.2) is 72.8 Å². The zero-order chi connectivity index (χ0) is 24.9. The number of amides is 2. The van der Waals surface area contributed by atoms with Gasteiger partial charge in [0.15, 0.2) is 0 Å². The predicted molar refractivity (Wildman–Crippen MR) is 136 cm³/mol. The zero-order valence-corrected chi connectivity index (χ0v) is 19.4. The second-order valence-corrected chi connectivity index (χ2v) is 8.19. The topological polar surface area (TPSA) is 122 Å². The first-order valence-corrected chi connectivity index (χ1v) is 11.0. The maximum Gasteiger partial charge on any atom is 0.268 e. The molecule has 9 heteroatoms. The Labute approximate surface area is 209 Å². The molecule has 0 saturated heterocycles. The number of carbonyl (C=O) groups is 2. The van der Waals surface area contributed by atoms with Crippen LogP contribution in [0, 0.1) is 22.7 Å². The van der Waals surface area contributed by atoms with Crippen molar-refractivity contribution in [3.8, 4) is 12.1 Å². The number of halogens is 2. The van der Waals surface area contributed by atoms with Gasteiger partial charge in [-0.1, -0.05) is 47.5 Å². The number of aromatic amines is 1. The van der Waals surface area contributed by atoms with Gasteiger partial charge in [0.25, 0.3) is 11.8 Å². The van der Waals surface area contributed by atoms with E-state index in [-0.39, 0.29) is 21.8 Å². The highest BCUT2D eigenvalue weighted by Crippen LogP contribution is 2.16. The summed E-state index contributed by atoms with van der Waals surface area (Å²) in [5.74, 6) is -1.31. The van der Waals surface area contributed by atoms with Crippen molar-refractivity contribution in [2.24, 2.45) is 0 Å². The molecule has 4 aromatic rings. The minimum atomic E-state index is -0.655. The standard InChI is InChI=1S/C26H15Cl2N5O2/c27-15-5-9-17(10-6-15)31-25(34)21(13-29)23-19-3-1-2-4-20(19)24(33-23)22(14-30)26(35)32-18-11-7-16(28)8-12-18/h1-12,33H,(H,31,34)(H,32,35)/b23-21+,24-22+. The number of rotatable bonds is 4. The minimum Gasteiger partial charge on any atom is -0.352 e. The summed E-state index contributed by atoms with van der Waals surface area (Å²) < 4.78 is 0. The molecule has 0 fully saturated rings. The SMILES string of the molecule is N#C/C(C(=O)Nc1ccc(Cl)cc1)=c1\[nH]/c(=C(\C#N)C(=O)Nc2ccc(Cl)cc2)c2ccccc12. The summed E-state index contributed by atoms with van der Waals surface area (Å²) in [6.45, 7) is 0. The van der Waals surface area contributed by atoms with Crippen molar-refractivity contribution in [1.29, 1.82) is 10.5 Å². The lowest BCUT2D eigenvalue weighted by molar-refractivity contribution is -0.111. The number of nitrogens with one attached hydrogen (secondary N) is 3. The van der Waals surface area contributed by atoms with Crippen molar-refractivity contribution in [3.63, 3.8) is 0 Å². The lowest BCUT2D eigenvalue weighted by atomic mass is 10.1. The number of fused-ring (bicyclic) bond motifs is 1. The molecule has 0 atom stereocenters. The van der Waals surface area contributed by atoms with Gasteiger partial charge in [-0.3, -0.25) is 9.59 Å². The Hall–Kier alpha value is -4.56. The zero-order valence-electron chi connectivity index (χ0n) is 17.9. The van der Waals surface area contributed by atoms with Gasteiger partial charge in [0.2, 0.25) is 0 Å². The second kappa shape index (κ2) is 10.1. The fourth-order valence-electron chi connectivity index (χ4n) is 3.47. The van der Waals surface area contributed by atoms with Crippen molar-refractivity contribution in [2.45, 2.75) is 0 Å². The number of benzene rings is 3. The molecule has 170 valence electrons. The Bertz CT molecular complexity index is 1540. The van der Waals surface area contributed by atoms with Crippen LogP contribution >= 0.6 is 23.2 Å². The smallest absolute Gasteiger partial charge is 0.268 e. The number of nitrogens with zero attached hydrogens (tertiary/aromatic N) is 2. The van der Waals surface area contributed by atoms with E-state index in [1.807, 2.05) is 12.1 Å². The van der Waals surface area contributed by atoms with Gasteiger partial charge in [0.05, 0.1) is 10.7 Å². The Morgan fingerprint density at radius 2 is 1.03 bits per heavy atom. The summed E-state index contributed by atoms with van der Waals surface area (Å²) in [4.78, 5) is 28.8. The molecular formula is C26H15Cl2N5O2. The maximum absolute atomic E-state index is 12.9. The molecule has 0 aliphatic rings. The van der Waals surface area contributed by atoms with Crippen LogP contribution in [0.1, 0.15) is 0 Å². The number of hydrogen-bond acceptors (Lipinski definition) is 4. The fourth-order valence-corrected chi connectivity index (χ4v) is 3.72. The number of nitriles is 2. The molecule has 4 rings (SSSR count). The molecule has 0 unspecified atom stereocenters. The first kappa shape index (κ1) is 23.6. The van der Waals surface area contributed by atoms with Crippen molar-refractivity contribution in [2.75, 3.05) is 10.6 Å². The molecular weight excluding hydrogens is 485 g/mol. The van der Waals surface area contributed by atoms with Crippen molar-refractivity contribution >= 4 is 68.3 Å². The van der Waals surface area contributed by atoms with E-state index in [1.165, 1.54) is 0 Å². The molecule has 0 aliphatic heterocycles. The van der Waals surface area contributed by atoms with E-state index >= 15 is 0 Å². The van der Waals surface area contributed by atoms with E-state index in [1.54, 1.807) is 72.8 Å². The Kier molecular flexibility index (Phi) is 6.84. The van der Waals surface area contributed by atoms with Crippen LogP contribution in [-0.2, 0) is 9.59 Å². The van der Waals surface area contributed by atoms with Gasteiger partial charge in [0, 0.05) is 32.2 Å². The first-order valence-electron chi connectivity index (χ1n) is 10.2. The van der Waals surface area contributed by atoms with Gasteiger partial charge in [-0.05, 0) is 48.5 Å². The lowest BCUT2D eigenvalue weighted by Gasteiger charge is -2.04. The summed E-state index contributed by atoms with van der Waals surface area (Å²) in [7, 11) is 0. The van der Waals surface area contributed by atoms with Crippen LogP contribution < -0.4 is 21.3 Å². The number of aromatic nitrogens is 1. The average molecular weight is 500 g/mol. The highest BCUT2D eigenvalue weighted by molar-refractivity contribution is 6.31. The van der Waals surface area contributed by atoms with E-state index in [0.29, 0.717) is 32.2 Å². The fraction of sp³-hybridized carbons (Fsp3) is 0. The normalized spacial score (nSPS) is 12.2. The summed E-state index contributed by atoms with van der Waals surface area (Å²) in [5, 5.41) is 27.4. The molecule has 3 aromatic carbocycles. The van der Waals surface area contributed by atoms with E-state index in [2.05, 4.69) is 15.6 Å². The molecule has 3 N–H and O–H groups in total. The van der Waals surface area contributed by atoms with Crippen molar-refractivity contribution in [1.82, 2.24) is 4.98 Å². The summed E-state index contributed by atoms with van der Waals surface area (Å²) in [6, 6.07) is 23.6. The quantitative estimate of drug-likeness (QED) is 0.391. The highest BCUT2D eigenvalue weighted by atomic mass is 35.5. The molecule has 0 saturated carbocycles. The Morgan fingerprint density at radius 1 is 0.657 bits per heavy atom. The van der Waals surface area contributed by atoms with Gasteiger partial charge in [-0.2, -0.15) is 10.5 Å². The summed E-state index contributed by atoms with van der Waals surface area (Å²) >= 11 is 11.8. The van der Waals surface area contributed by atoms with Gasteiger partial charge in [-0.15, -0.1) is 0 Å². The third-order valence-corrected chi connectivity index (χ3v) is 5.60. The van der Waals surface area contributed by atoms with Gasteiger partial charge < -0.3 is 15.6 Å². The number of hydrogen-bond donors (Lipinski definition) is 3. The third-order valence-electron chi connectivity index (χ3n) is 5.10. The molecule has 0 bridgehead atoms. The molecule has 0 spiro atoms. The molecule has 2 amide bonds. The Balaban J connectivity index is 1.86. The van der Waals surface area contributed by atoms with E-state index in [9.17, 15) is 20.1 Å². The van der Waals surface area contributed by atoms with Gasteiger partial charge in [-0.25, -0.2) is 0 Å². The Morgan fingerprint density at radius 3 is 1.37 bits per heavy atom. The second-order valence-electron chi connectivity index (χ2n) is 7.32. The number of anilines is 2. The molecule has 7 nitrogen and oxygen atoms in total. The highest BCUT2D eigenvalue weighted by Gasteiger charge is 2.18. The number of H-pyrrole nitrogens is 1. The van der Waals surface area contributed by atoms with E-state index < -0.39 is 11.8 Å². The minimum absolute atomic E-state index is 0.191. The van der Waals surface area contributed by atoms with Crippen LogP contribution in [0.5, 0.6) is 0 Å². The average Bonchev–Trinajstić information content (AvgIpc) is 3.22. The van der Waals surface area contributed by atoms with Crippen LogP contribution in [0.4, 0.5) is 11.4 Å². The van der Waals surface area contributed by atoms with E-state index in [4.69, 9.17) is 23.2 Å².